The molecule has 0 heterocycles. The SMILES string of the molecule is CCc1ccc(CO)cc1-c1ccccc1. The van der Waals surface area contributed by atoms with E-state index in [1.54, 1.807) is 0 Å². The lowest BCUT2D eigenvalue weighted by Crippen LogP contribution is -1.91. The predicted octanol–water partition coefficient (Wildman–Crippen LogP) is 3.41. The fourth-order valence-electron chi connectivity index (χ4n) is 1.92. The van der Waals surface area contributed by atoms with Crippen molar-refractivity contribution in [1.29, 1.82) is 0 Å². The zero-order chi connectivity index (χ0) is 11.4. The minimum absolute atomic E-state index is 0.101. The van der Waals surface area contributed by atoms with Crippen molar-refractivity contribution in [3.63, 3.8) is 0 Å². The summed E-state index contributed by atoms with van der Waals surface area (Å²) in [4.78, 5) is 0. The van der Waals surface area contributed by atoms with E-state index in [0.717, 1.165) is 12.0 Å². The van der Waals surface area contributed by atoms with Crippen LogP contribution in [0.2, 0.25) is 0 Å². The monoisotopic (exact) mass is 212 g/mol. The summed E-state index contributed by atoms with van der Waals surface area (Å²) < 4.78 is 0. The van der Waals surface area contributed by atoms with Gasteiger partial charge in [-0.05, 0) is 34.7 Å². The molecule has 0 aliphatic heterocycles. The lowest BCUT2D eigenvalue weighted by atomic mass is 9.96. The fraction of sp³-hybridized carbons (Fsp3) is 0.200. The van der Waals surface area contributed by atoms with Gasteiger partial charge >= 0.3 is 0 Å². The van der Waals surface area contributed by atoms with Crippen LogP contribution in [0.25, 0.3) is 11.1 Å². The molecule has 0 saturated heterocycles. The van der Waals surface area contributed by atoms with Crippen LogP contribution in [-0.2, 0) is 13.0 Å². The molecule has 0 aliphatic rings. The largest absolute Gasteiger partial charge is 0.392 e. The van der Waals surface area contributed by atoms with Gasteiger partial charge in [-0.25, -0.2) is 0 Å². The quantitative estimate of drug-likeness (QED) is 0.826. The first-order valence-electron chi connectivity index (χ1n) is 5.63. The van der Waals surface area contributed by atoms with Crippen LogP contribution in [0.3, 0.4) is 0 Å². The Morgan fingerprint density at radius 3 is 2.38 bits per heavy atom. The molecule has 0 radical (unpaired) electrons. The van der Waals surface area contributed by atoms with Crippen molar-refractivity contribution in [3.8, 4) is 11.1 Å². The van der Waals surface area contributed by atoms with Crippen molar-refractivity contribution in [2.24, 2.45) is 0 Å². The van der Waals surface area contributed by atoms with Gasteiger partial charge in [0.15, 0.2) is 0 Å². The molecule has 2 aromatic rings. The highest BCUT2D eigenvalue weighted by molar-refractivity contribution is 5.68. The zero-order valence-electron chi connectivity index (χ0n) is 9.48. The summed E-state index contributed by atoms with van der Waals surface area (Å²) in [5.41, 5.74) is 4.74. The summed E-state index contributed by atoms with van der Waals surface area (Å²) in [6.45, 7) is 2.25. The molecule has 82 valence electrons. The van der Waals surface area contributed by atoms with Gasteiger partial charge in [0.25, 0.3) is 0 Å². The van der Waals surface area contributed by atoms with E-state index >= 15 is 0 Å². The topological polar surface area (TPSA) is 20.2 Å². The minimum atomic E-state index is 0.101. The highest BCUT2D eigenvalue weighted by Gasteiger charge is 2.04. The second-order valence-electron chi connectivity index (χ2n) is 3.87. The Labute approximate surface area is 96.4 Å². The minimum Gasteiger partial charge on any atom is -0.392 e. The van der Waals surface area contributed by atoms with Crippen molar-refractivity contribution in [2.45, 2.75) is 20.0 Å². The van der Waals surface area contributed by atoms with Crippen molar-refractivity contribution in [1.82, 2.24) is 0 Å². The number of aryl methyl sites for hydroxylation is 1. The van der Waals surface area contributed by atoms with Gasteiger partial charge in [0.2, 0.25) is 0 Å². The van der Waals surface area contributed by atoms with Gasteiger partial charge in [-0.15, -0.1) is 0 Å². The average Bonchev–Trinajstić information content (AvgIpc) is 2.39. The Morgan fingerprint density at radius 1 is 1.00 bits per heavy atom. The van der Waals surface area contributed by atoms with Gasteiger partial charge in [0, 0.05) is 0 Å². The first-order chi connectivity index (χ1) is 7.85. The third kappa shape index (κ3) is 2.15. The Hall–Kier alpha value is -1.60. The van der Waals surface area contributed by atoms with Crippen molar-refractivity contribution < 1.29 is 5.11 Å². The van der Waals surface area contributed by atoms with E-state index in [4.69, 9.17) is 0 Å². The van der Waals surface area contributed by atoms with Crippen LogP contribution in [0.15, 0.2) is 48.5 Å². The molecule has 1 nitrogen and oxygen atoms in total. The molecule has 0 atom stereocenters. The van der Waals surface area contributed by atoms with Gasteiger partial charge in [-0.1, -0.05) is 49.4 Å². The van der Waals surface area contributed by atoms with E-state index in [1.165, 1.54) is 16.7 Å². The molecular weight excluding hydrogens is 196 g/mol. The van der Waals surface area contributed by atoms with E-state index in [1.807, 2.05) is 24.3 Å². The molecule has 0 amide bonds. The molecule has 0 fully saturated rings. The number of aliphatic hydroxyl groups is 1. The molecule has 0 aliphatic carbocycles. The maximum atomic E-state index is 9.17. The number of benzene rings is 2. The molecular formula is C15H16O. The fourth-order valence-corrected chi connectivity index (χ4v) is 1.92. The Morgan fingerprint density at radius 2 is 1.75 bits per heavy atom. The summed E-state index contributed by atoms with van der Waals surface area (Å²) in [7, 11) is 0. The first-order valence-corrected chi connectivity index (χ1v) is 5.63. The van der Waals surface area contributed by atoms with Gasteiger partial charge < -0.3 is 5.11 Å². The van der Waals surface area contributed by atoms with E-state index < -0.39 is 0 Å². The second-order valence-corrected chi connectivity index (χ2v) is 3.87. The second kappa shape index (κ2) is 4.95. The van der Waals surface area contributed by atoms with Crippen LogP contribution in [-0.4, -0.2) is 5.11 Å². The Bertz CT molecular complexity index is 460. The molecule has 2 rings (SSSR count). The zero-order valence-corrected chi connectivity index (χ0v) is 9.48. The molecule has 1 heteroatoms. The standard InChI is InChI=1S/C15H16O/c1-2-13-9-8-12(11-16)10-15(13)14-6-4-3-5-7-14/h3-10,16H,2,11H2,1H3. The number of hydrogen-bond donors (Lipinski definition) is 1. The summed E-state index contributed by atoms with van der Waals surface area (Å²) in [6, 6.07) is 16.5. The van der Waals surface area contributed by atoms with Crippen molar-refractivity contribution >= 4 is 0 Å². The molecule has 0 bridgehead atoms. The summed E-state index contributed by atoms with van der Waals surface area (Å²) in [5.74, 6) is 0. The molecule has 0 spiro atoms. The predicted molar refractivity (Wildman–Crippen MR) is 67.2 cm³/mol. The lowest BCUT2D eigenvalue weighted by Gasteiger charge is -2.09. The maximum Gasteiger partial charge on any atom is 0.0682 e. The number of aliphatic hydroxyl groups excluding tert-OH is 1. The number of hydrogen-bond acceptors (Lipinski definition) is 1. The van der Waals surface area contributed by atoms with E-state index in [2.05, 4.69) is 31.2 Å². The molecule has 0 unspecified atom stereocenters. The normalized spacial score (nSPS) is 10.4. The van der Waals surface area contributed by atoms with Gasteiger partial charge in [0.1, 0.15) is 0 Å². The van der Waals surface area contributed by atoms with Crippen LogP contribution < -0.4 is 0 Å². The van der Waals surface area contributed by atoms with Crippen molar-refractivity contribution in [2.75, 3.05) is 0 Å². The van der Waals surface area contributed by atoms with E-state index in [-0.39, 0.29) is 6.61 Å². The van der Waals surface area contributed by atoms with Crippen LogP contribution in [0.4, 0.5) is 0 Å². The van der Waals surface area contributed by atoms with Crippen LogP contribution >= 0.6 is 0 Å². The first kappa shape index (κ1) is 10.9. The van der Waals surface area contributed by atoms with Gasteiger partial charge in [0.05, 0.1) is 6.61 Å². The summed E-state index contributed by atoms with van der Waals surface area (Å²) >= 11 is 0. The Kier molecular flexibility index (Phi) is 3.37. The third-order valence-electron chi connectivity index (χ3n) is 2.82. The Balaban J connectivity index is 2.53. The van der Waals surface area contributed by atoms with Crippen LogP contribution in [0.5, 0.6) is 0 Å². The molecule has 0 saturated carbocycles. The maximum absolute atomic E-state index is 9.17. The molecule has 16 heavy (non-hydrogen) atoms. The molecule has 2 aromatic carbocycles. The smallest absolute Gasteiger partial charge is 0.0682 e. The summed E-state index contributed by atoms with van der Waals surface area (Å²) in [6.07, 6.45) is 1.01. The molecule has 1 N–H and O–H groups in total. The highest BCUT2D eigenvalue weighted by atomic mass is 16.3. The van der Waals surface area contributed by atoms with Crippen molar-refractivity contribution in [3.05, 3.63) is 59.7 Å². The van der Waals surface area contributed by atoms with Gasteiger partial charge in [-0.3, -0.25) is 0 Å². The lowest BCUT2D eigenvalue weighted by molar-refractivity contribution is 0.282. The third-order valence-corrected chi connectivity index (χ3v) is 2.82. The van der Waals surface area contributed by atoms with E-state index in [9.17, 15) is 5.11 Å². The highest BCUT2D eigenvalue weighted by Crippen LogP contribution is 2.25. The average molecular weight is 212 g/mol. The van der Waals surface area contributed by atoms with Crippen LogP contribution in [0, 0.1) is 0 Å². The van der Waals surface area contributed by atoms with E-state index in [0.29, 0.717) is 0 Å². The van der Waals surface area contributed by atoms with Crippen LogP contribution in [0.1, 0.15) is 18.1 Å². The summed E-state index contributed by atoms with van der Waals surface area (Å²) in [5, 5.41) is 9.17. The number of rotatable bonds is 3. The molecule has 0 aromatic heterocycles. The van der Waals surface area contributed by atoms with Gasteiger partial charge in [-0.2, -0.15) is 0 Å².